The second kappa shape index (κ2) is 9.78. The molecule has 0 saturated carbocycles. The van der Waals surface area contributed by atoms with E-state index in [1.54, 1.807) is 4.90 Å². The monoisotopic (exact) mass is 567 g/mol. The Hall–Kier alpha value is -4.02. The fourth-order valence-corrected chi connectivity index (χ4v) is 7.37. The lowest BCUT2D eigenvalue weighted by molar-refractivity contribution is -0.136. The van der Waals surface area contributed by atoms with Gasteiger partial charge in [0, 0.05) is 46.6 Å². The van der Waals surface area contributed by atoms with Crippen molar-refractivity contribution in [2.75, 3.05) is 32.9 Å². The number of hydrogen-bond acceptors (Lipinski definition) is 7. The van der Waals surface area contributed by atoms with E-state index >= 15 is 0 Å². The summed E-state index contributed by atoms with van der Waals surface area (Å²) in [6, 6.07) is 12.1. The van der Waals surface area contributed by atoms with Gasteiger partial charge in [-0.1, -0.05) is 24.3 Å². The van der Waals surface area contributed by atoms with Crippen LogP contribution in [0.2, 0.25) is 0 Å². The molecule has 0 aliphatic carbocycles. The molecule has 2 N–H and O–H groups in total. The van der Waals surface area contributed by atoms with Crippen LogP contribution in [-0.2, 0) is 32.8 Å². The Labute approximate surface area is 243 Å². The third kappa shape index (κ3) is 4.07. The third-order valence-corrected chi connectivity index (χ3v) is 9.90. The summed E-state index contributed by atoms with van der Waals surface area (Å²) in [5, 5.41) is 9.87. The van der Waals surface area contributed by atoms with E-state index in [1.165, 1.54) is 16.7 Å². The predicted molar refractivity (Wildman–Crippen MR) is 152 cm³/mol. The van der Waals surface area contributed by atoms with Crippen molar-refractivity contribution in [1.29, 1.82) is 0 Å². The number of benzene rings is 2. The molecule has 10 heteroatoms. The van der Waals surface area contributed by atoms with Crippen LogP contribution in [0.3, 0.4) is 0 Å². The number of likely N-dealkylation sites (tertiary alicyclic amines) is 1. The summed E-state index contributed by atoms with van der Waals surface area (Å²) >= 11 is 0. The number of hydrogen-bond donors (Lipinski definition) is 2. The molecule has 3 amide bonds. The van der Waals surface area contributed by atoms with Crippen LogP contribution in [0, 0.1) is 0 Å². The van der Waals surface area contributed by atoms with E-state index in [2.05, 4.69) is 50.7 Å². The number of carbonyl (C=O) groups is 3. The van der Waals surface area contributed by atoms with Crippen molar-refractivity contribution in [3.63, 3.8) is 0 Å². The highest BCUT2D eigenvalue weighted by molar-refractivity contribution is 6.05. The molecule has 8 rings (SSSR count). The van der Waals surface area contributed by atoms with Crippen LogP contribution in [0.5, 0.6) is 5.75 Å². The van der Waals surface area contributed by atoms with E-state index in [1.807, 2.05) is 12.3 Å². The molecule has 3 fully saturated rings. The van der Waals surface area contributed by atoms with Gasteiger partial charge in [-0.3, -0.25) is 29.7 Å². The van der Waals surface area contributed by atoms with Crippen LogP contribution in [0.25, 0.3) is 11.1 Å². The maximum Gasteiger partial charge on any atom is 0.255 e. The van der Waals surface area contributed by atoms with Gasteiger partial charge in [0.2, 0.25) is 11.8 Å². The largest absolute Gasteiger partial charge is 0.492 e. The standard InChI is InChI=1S/C32H33N5O5/c38-27-7-6-26(30(39)34-27)37-15-24-22(31(37)40)4-5-25-29(24)42-18-32(25)8-10-36(11-9-32)14-19-2-1-3-20(12-19)23-13-33-35-28(23)21-16-41-17-21/h1-5,12-13,21,26H,6-11,14-18H2,(H,33,35)(H,34,38,39)/t26-/m0/s1. The van der Waals surface area contributed by atoms with Crippen LogP contribution in [0.1, 0.15) is 64.3 Å². The van der Waals surface area contributed by atoms with Gasteiger partial charge in [0.15, 0.2) is 0 Å². The van der Waals surface area contributed by atoms with E-state index in [9.17, 15) is 14.4 Å². The molecule has 0 radical (unpaired) electrons. The Morgan fingerprint density at radius 3 is 2.69 bits per heavy atom. The number of fused-ring (bicyclic) bond motifs is 4. The van der Waals surface area contributed by atoms with Crippen molar-refractivity contribution in [2.24, 2.45) is 0 Å². The fraction of sp³-hybridized carbons (Fsp3) is 0.438. The quantitative estimate of drug-likeness (QED) is 0.456. The molecule has 42 heavy (non-hydrogen) atoms. The molecule has 5 aliphatic rings. The number of aromatic nitrogens is 2. The number of aromatic amines is 1. The van der Waals surface area contributed by atoms with E-state index in [0.717, 1.165) is 68.3 Å². The van der Waals surface area contributed by atoms with Gasteiger partial charge in [-0.05, 0) is 55.6 Å². The zero-order valence-corrected chi connectivity index (χ0v) is 23.4. The number of H-pyrrole nitrogens is 1. The molecule has 10 nitrogen and oxygen atoms in total. The fourth-order valence-electron chi connectivity index (χ4n) is 7.37. The van der Waals surface area contributed by atoms with Gasteiger partial charge in [-0.25, -0.2) is 0 Å². The average molecular weight is 568 g/mol. The number of carbonyl (C=O) groups excluding carboxylic acids is 3. The predicted octanol–water partition coefficient (Wildman–Crippen LogP) is 2.88. The van der Waals surface area contributed by atoms with Crippen molar-refractivity contribution in [3.05, 3.63) is 70.5 Å². The highest BCUT2D eigenvalue weighted by atomic mass is 16.5. The van der Waals surface area contributed by atoms with Crippen LogP contribution in [0.15, 0.2) is 42.6 Å². The smallest absolute Gasteiger partial charge is 0.255 e. The molecule has 0 bridgehead atoms. The Bertz CT molecular complexity index is 1600. The Morgan fingerprint density at radius 2 is 1.90 bits per heavy atom. The Morgan fingerprint density at radius 1 is 1.05 bits per heavy atom. The SMILES string of the molecule is O=C1CC[C@H](N2Cc3c(ccc4c3OCC43CCN(Cc4cccc(-c5cn[nH]c5C5COC5)c4)CC3)C2=O)C(=O)N1. The van der Waals surface area contributed by atoms with Crippen molar-refractivity contribution in [1.82, 2.24) is 25.3 Å². The maximum absolute atomic E-state index is 13.3. The zero-order valence-electron chi connectivity index (χ0n) is 23.4. The number of imide groups is 1. The van der Waals surface area contributed by atoms with Gasteiger partial charge in [0.05, 0.1) is 38.3 Å². The molecular formula is C32H33N5O5. The van der Waals surface area contributed by atoms with Crippen LogP contribution < -0.4 is 10.1 Å². The number of piperidine rings is 2. The second-order valence-electron chi connectivity index (χ2n) is 12.3. The Balaban J connectivity index is 0.961. The van der Waals surface area contributed by atoms with Gasteiger partial charge in [-0.2, -0.15) is 5.10 Å². The number of ether oxygens (including phenoxy) is 2. The van der Waals surface area contributed by atoms with Gasteiger partial charge in [-0.15, -0.1) is 0 Å². The van der Waals surface area contributed by atoms with E-state index in [-0.39, 0.29) is 23.7 Å². The van der Waals surface area contributed by atoms with Crippen LogP contribution in [-0.4, -0.2) is 76.7 Å². The third-order valence-electron chi connectivity index (χ3n) is 9.90. The summed E-state index contributed by atoms with van der Waals surface area (Å²) in [7, 11) is 0. The maximum atomic E-state index is 13.3. The first-order valence-electron chi connectivity index (χ1n) is 14.9. The minimum absolute atomic E-state index is 0.0651. The van der Waals surface area contributed by atoms with Crippen LogP contribution in [0.4, 0.5) is 0 Å². The molecule has 0 unspecified atom stereocenters. The van der Waals surface area contributed by atoms with E-state index in [0.29, 0.717) is 31.1 Å². The van der Waals surface area contributed by atoms with Gasteiger partial charge in [0.1, 0.15) is 11.8 Å². The normalized spacial score (nSPS) is 23.5. The van der Waals surface area contributed by atoms with Crippen molar-refractivity contribution in [3.8, 4) is 16.9 Å². The average Bonchev–Trinajstić information content (AvgIpc) is 3.66. The molecular weight excluding hydrogens is 534 g/mol. The molecule has 216 valence electrons. The molecule has 2 aromatic carbocycles. The Kier molecular flexibility index (Phi) is 5.98. The summed E-state index contributed by atoms with van der Waals surface area (Å²) in [5.41, 5.74) is 7.40. The number of rotatable bonds is 5. The summed E-state index contributed by atoms with van der Waals surface area (Å²) in [5.74, 6) is 0.382. The van der Waals surface area contributed by atoms with E-state index < -0.39 is 11.9 Å². The first-order valence-corrected chi connectivity index (χ1v) is 14.9. The number of nitrogens with zero attached hydrogens (tertiary/aromatic N) is 3. The van der Waals surface area contributed by atoms with Crippen molar-refractivity contribution < 1.29 is 23.9 Å². The summed E-state index contributed by atoms with van der Waals surface area (Å²) in [4.78, 5) is 41.5. The molecule has 3 aromatic rings. The summed E-state index contributed by atoms with van der Waals surface area (Å²) < 4.78 is 11.7. The molecule has 1 spiro atoms. The molecule has 5 aliphatic heterocycles. The zero-order chi connectivity index (χ0) is 28.4. The topological polar surface area (TPSA) is 117 Å². The highest BCUT2D eigenvalue weighted by Crippen LogP contribution is 2.49. The highest BCUT2D eigenvalue weighted by Gasteiger charge is 2.47. The van der Waals surface area contributed by atoms with Gasteiger partial charge in [0.25, 0.3) is 5.91 Å². The first kappa shape index (κ1) is 25.7. The lowest BCUT2D eigenvalue weighted by atomic mass is 9.74. The van der Waals surface area contributed by atoms with Crippen molar-refractivity contribution in [2.45, 2.75) is 56.1 Å². The minimum atomic E-state index is -0.623. The van der Waals surface area contributed by atoms with Crippen LogP contribution >= 0.6 is 0 Å². The minimum Gasteiger partial charge on any atom is -0.492 e. The van der Waals surface area contributed by atoms with E-state index in [4.69, 9.17) is 9.47 Å². The van der Waals surface area contributed by atoms with Gasteiger partial charge < -0.3 is 14.4 Å². The molecule has 1 aromatic heterocycles. The molecule has 3 saturated heterocycles. The molecule has 6 heterocycles. The summed E-state index contributed by atoms with van der Waals surface area (Å²) in [6.45, 7) is 5.25. The second-order valence-corrected chi connectivity index (χ2v) is 12.3. The first-order chi connectivity index (χ1) is 20.5. The molecule has 1 atom stereocenters. The lowest BCUT2D eigenvalue weighted by Crippen LogP contribution is -2.52. The lowest BCUT2D eigenvalue weighted by Gasteiger charge is -2.38. The van der Waals surface area contributed by atoms with Gasteiger partial charge >= 0.3 is 0 Å². The van der Waals surface area contributed by atoms with Crippen molar-refractivity contribution >= 4 is 17.7 Å². The number of nitrogens with one attached hydrogen (secondary N) is 2. The number of amides is 3. The summed E-state index contributed by atoms with van der Waals surface area (Å²) in [6.07, 6.45) is 4.49.